The lowest BCUT2D eigenvalue weighted by Crippen LogP contribution is -2.46. The minimum atomic E-state index is -0.265. The Hall–Kier alpha value is -3.84. The van der Waals surface area contributed by atoms with Crippen molar-refractivity contribution in [3.8, 4) is 5.75 Å². The zero-order chi connectivity index (χ0) is 22.9. The average Bonchev–Trinajstić information content (AvgIpc) is 3.54. The molecule has 0 bridgehead atoms. The van der Waals surface area contributed by atoms with Crippen LogP contribution in [0.4, 0.5) is 5.69 Å². The van der Waals surface area contributed by atoms with Crippen molar-refractivity contribution >= 4 is 17.2 Å². The van der Waals surface area contributed by atoms with Gasteiger partial charge in [0, 0.05) is 31.2 Å². The highest BCUT2D eigenvalue weighted by Crippen LogP contribution is 2.34. The van der Waals surface area contributed by atoms with E-state index in [4.69, 9.17) is 9.47 Å². The van der Waals surface area contributed by atoms with Gasteiger partial charge in [-0.1, -0.05) is 30.3 Å². The standard InChI is InChI=1S/C27H26N4O3/c32-27-23-7-1-2-8-24(23)29-26(31(27)17-22-6-5-15-33-22)19-10-12-21(13-11-19)34-18-20-16-30-14-4-3-9-25(30)28-20/h1-4,7-14,16,22,26,29H,5-6,15,17-18H2/t22-,26+/m0/s1. The maximum Gasteiger partial charge on any atom is 0.257 e. The lowest BCUT2D eigenvalue weighted by Gasteiger charge is -2.39. The number of rotatable bonds is 6. The van der Waals surface area contributed by atoms with Crippen LogP contribution in [0.2, 0.25) is 0 Å². The SMILES string of the molecule is O=C1c2ccccc2N[C@@H](c2ccc(OCc3cn4ccccc4n3)cc2)N1C[C@@H]1CCCO1. The number of anilines is 1. The summed E-state index contributed by atoms with van der Waals surface area (Å²) in [7, 11) is 0. The summed E-state index contributed by atoms with van der Waals surface area (Å²) in [5.41, 5.74) is 4.32. The average molecular weight is 455 g/mol. The van der Waals surface area contributed by atoms with Crippen molar-refractivity contribution in [2.24, 2.45) is 0 Å². The molecule has 0 spiro atoms. The number of carbonyl (C=O) groups is 1. The summed E-state index contributed by atoms with van der Waals surface area (Å²) < 4.78 is 13.8. The Morgan fingerprint density at radius 1 is 1.06 bits per heavy atom. The molecule has 2 aliphatic heterocycles. The van der Waals surface area contributed by atoms with Crippen molar-refractivity contribution in [3.63, 3.8) is 0 Å². The van der Waals surface area contributed by atoms with Gasteiger partial charge in [0.1, 0.15) is 24.2 Å². The fraction of sp³-hybridized carbons (Fsp3) is 0.259. The fourth-order valence-corrected chi connectivity index (χ4v) is 4.71. The Kier molecular flexibility index (Phi) is 5.39. The van der Waals surface area contributed by atoms with Crippen LogP contribution in [0.1, 0.15) is 40.6 Å². The summed E-state index contributed by atoms with van der Waals surface area (Å²) in [6.45, 7) is 1.72. The number of hydrogen-bond acceptors (Lipinski definition) is 5. The quantitative estimate of drug-likeness (QED) is 0.459. The van der Waals surface area contributed by atoms with Gasteiger partial charge in [0.15, 0.2) is 0 Å². The van der Waals surface area contributed by atoms with Crippen LogP contribution in [0, 0.1) is 0 Å². The lowest BCUT2D eigenvalue weighted by molar-refractivity contribution is 0.0427. The highest BCUT2D eigenvalue weighted by atomic mass is 16.5. The molecule has 2 aromatic heterocycles. The number of benzene rings is 2. The number of nitrogens with zero attached hydrogens (tertiary/aromatic N) is 3. The summed E-state index contributed by atoms with van der Waals surface area (Å²) in [5.74, 6) is 0.788. The van der Waals surface area contributed by atoms with Crippen molar-refractivity contribution in [2.75, 3.05) is 18.5 Å². The number of nitrogens with one attached hydrogen (secondary N) is 1. The topological polar surface area (TPSA) is 68.1 Å². The van der Waals surface area contributed by atoms with E-state index in [0.29, 0.717) is 18.7 Å². The number of ether oxygens (including phenoxy) is 2. The first-order valence-electron chi connectivity index (χ1n) is 11.7. The molecule has 172 valence electrons. The normalized spacial score (nSPS) is 19.8. The Balaban J connectivity index is 1.21. The van der Waals surface area contributed by atoms with Crippen molar-refractivity contribution in [2.45, 2.75) is 31.7 Å². The third-order valence-electron chi connectivity index (χ3n) is 6.44. The molecular weight excluding hydrogens is 428 g/mol. The molecule has 2 aliphatic rings. The van der Waals surface area contributed by atoms with Gasteiger partial charge in [-0.05, 0) is 54.8 Å². The first kappa shape index (κ1) is 20.7. The molecule has 7 heteroatoms. The Bertz CT molecular complexity index is 1280. The molecule has 34 heavy (non-hydrogen) atoms. The van der Waals surface area contributed by atoms with E-state index in [-0.39, 0.29) is 18.2 Å². The molecule has 2 atom stereocenters. The van der Waals surface area contributed by atoms with Gasteiger partial charge in [-0.2, -0.15) is 0 Å². The van der Waals surface area contributed by atoms with Crippen molar-refractivity contribution < 1.29 is 14.3 Å². The minimum Gasteiger partial charge on any atom is -0.487 e. The number of pyridine rings is 1. The largest absolute Gasteiger partial charge is 0.487 e. The zero-order valence-electron chi connectivity index (χ0n) is 18.8. The first-order valence-corrected chi connectivity index (χ1v) is 11.7. The van der Waals surface area contributed by atoms with Crippen molar-refractivity contribution in [1.82, 2.24) is 14.3 Å². The van der Waals surface area contributed by atoms with Crippen LogP contribution >= 0.6 is 0 Å². The van der Waals surface area contributed by atoms with Gasteiger partial charge >= 0.3 is 0 Å². The molecule has 1 N–H and O–H groups in total. The molecule has 1 fully saturated rings. The number of aromatic nitrogens is 2. The summed E-state index contributed by atoms with van der Waals surface area (Å²) in [5, 5.41) is 3.56. The molecule has 4 heterocycles. The van der Waals surface area contributed by atoms with Crippen LogP contribution in [-0.4, -0.2) is 39.4 Å². The maximum absolute atomic E-state index is 13.4. The summed E-state index contributed by atoms with van der Waals surface area (Å²) >= 11 is 0. The molecule has 0 saturated carbocycles. The predicted octanol–water partition coefficient (Wildman–Crippen LogP) is 4.66. The van der Waals surface area contributed by atoms with E-state index in [2.05, 4.69) is 10.3 Å². The molecular formula is C27H26N4O3. The van der Waals surface area contributed by atoms with Crippen LogP contribution in [0.3, 0.4) is 0 Å². The van der Waals surface area contributed by atoms with Gasteiger partial charge in [0.25, 0.3) is 5.91 Å². The van der Waals surface area contributed by atoms with Crippen LogP contribution in [0.15, 0.2) is 79.1 Å². The highest BCUT2D eigenvalue weighted by molar-refractivity contribution is 6.01. The number of hydrogen-bond donors (Lipinski definition) is 1. The number of amides is 1. The summed E-state index contributed by atoms with van der Waals surface area (Å²) in [4.78, 5) is 19.9. The molecule has 0 radical (unpaired) electrons. The van der Waals surface area contributed by atoms with E-state index >= 15 is 0 Å². The zero-order valence-corrected chi connectivity index (χ0v) is 18.8. The first-order chi connectivity index (χ1) is 16.7. The Morgan fingerprint density at radius 2 is 1.91 bits per heavy atom. The van der Waals surface area contributed by atoms with Gasteiger partial charge in [0.2, 0.25) is 0 Å². The molecule has 1 saturated heterocycles. The van der Waals surface area contributed by atoms with E-state index in [1.807, 2.05) is 88.4 Å². The second-order valence-corrected chi connectivity index (χ2v) is 8.74. The van der Waals surface area contributed by atoms with Crippen LogP contribution in [-0.2, 0) is 11.3 Å². The summed E-state index contributed by atoms with van der Waals surface area (Å²) in [6, 6.07) is 21.5. The molecule has 2 aromatic carbocycles. The van der Waals surface area contributed by atoms with Gasteiger partial charge in [-0.15, -0.1) is 0 Å². The predicted molar refractivity (Wildman–Crippen MR) is 129 cm³/mol. The van der Waals surface area contributed by atoms with Crippen molar-refractivity contribution in [3.05, 3.63) is 95.9 Å². The molecule has 7 nitrogen and oxygen atoms in total. The maximum atomic E-state index is 13.4. The lowest BCUT2D eigenvalue weighted by atomic mass is 10.0. The third kappa shape index (κ3) is 3.99. The molecule has 6 rings (SSSR count). The van der Waals surface area contributed by atoms with E-state index in [1.165, 1.54) is 0 Å². The molecule has 4 aromatic rings. The van der Waals surface area contributed by atoms with E-state index in [9.17, 15) is 4.79 Å². The van der Waals surface area contributed by atoms with Gasteiger partial charge in [0.05, 0.1) is 17.4 Å². The Labute approximate surface area is 197 Å². The number of fused-ring (bicyclic) bond motifs is 2. The van der Waals surface area contributed by atoms with Gasteiger partial charge < -0.3 is 24.1 Å². The second-order valence-electron chi connectivity index (χ2n) is 8.74. The highest BCUT2D eigenvalue weighted by Gasteiger charge is 2.35. The number of imidazole rings is 1. The van der Waals surface area contributed by atoms with Gasteiger partial charge in [-0.25, -0.2) is 4.98 Å². The van der Waals surface area contributed by atoms with E-state index < -0.39 is 0 Å². The second kappa shape index (κ2) is 8.83. The molecule has 0 unspecified atom stereocenters. The fourth-order valence-electron chi connectivity index (χ4n) is 4.71. The van der Waals surface area contributed by atoms with Crippen LogP contribution in [0.25, 0.3) is 5.65 Å². The molecule has 1 amide bonds. The van der Waals surface area contributed by atoms with E-state index in [1.54, 1.807) is 0 Å². The van der Waals surface area contributed by atoms with Crippen LogP contribution < -0.4 is 10.1 Å². The molecule has 0 aliphatic carbocycles. The summed E-state index contributed by atoms with van der Waals surface area (Å²) in [6.07, 6.45) is 5.78. The number of carbonyl (C=O) groups excluding carboxylic acids is 1. The minimum absolute atomic E-state index is 0.0297. The number of para-hydroxylation sites is 1. The van der Waals surface area contributed by atoms with Crippen molar-refractivity contribution in [1.29, 1.82) is 0 Å². The van der Waals surface area contributed by atoms with Gasteiger partial charge in [-0.3, -0.25) is 4.79 Å². The Morgan fingerprint density at radius 3 is 2.74 bits per heavy atom. The van der Waals surface area contributed by atoms with Crippen LogP contribution in [0.5, 0.6) is 5.75 Å². The third-order valence-corrected chi connectivity index (χ3v) is 6.44. The van der Waals surface area contributed by atoms with E-state index in [0.717, 1.165) is 47.8 Å². The smallest absolute Gasteiger partial charge is 0.257 e. The monoisotopic (exact) mass is 454 g/mol.